The zero-order valence-corrected chi connectivity index (χ0v) is 21.9. The van der Waals surface area contributed by atoms with Gasteiger partial charge in [-0.3, -0.25) is 9.59 Å². The fourth-order valence-electron chi connectivity index (χ4n) is 4.08. The monoisotopic (exact) mass is 603 g/mol. The smallest absolute Gasteiger partial charge is 0.325 e. The molecule has 3 aromatic rings. The molecule has 1 heterocycles. The highest BCUT2D eigenvalue weighted by Crippen LogP contribution is 2.32. The van der Waals surface area contributed by atoms with Crippen LogP contribution < -0.4 is 15.4 Å². The number of imide groups is 1. The number of halogens is 2. The fourth-order valence-corrected chi connectivity index (χ4v) is 4.99. The summed E-state index contributed by atoms with van der Waals surface area (Å²) in [6.45, 7) is 1.82. The van der Waals surface area contributed by atoms with Crippen LogP contribution in [0.2, 0.25) is 5.02 Å². The van der Waals surface area contributed by atoms with E-state index in [2.05, 4.69) is 33.2 Å². The molecule has 35 heavy (non-hydrogen) atoms. The molecule has 1 aliphatic rings. The molecule has 0 saturated carbocycles. The van der Waals surface area contributed by atoms with Crippen LogP contribution in [-0.2, 0) is 9.59 Å². The quantitative estimate of drug-likeness (QED) is 0.281. The molecule has 0 bridgehead atoms. The minimum absolute atomic E-state index is 0.365. The lowest BCUT2D eigenvalue weighted by Crippen LogP contribution is -2.50. The number of hydrogen-bond donors (Lipinski definition) is 2. The third-order valence-electron chi connectivity index (χ3n) is 5.95. The lowest BCUT2D eigenvalue weighted by Gasteiger charge is -2.30. The van der Waals surface area contributed by atoms with Crippen LogP contribution in [0.25, 0.3) is 0 Å². The van der Waals surface area contributed by atoms with Crippen LogP contribution in [0.1, 0.15) is 30.0 Å². The Morgan fingerprint density at radius 3 is 2.40 bits per heavy atom. The van der Waals surface area contributed by atoms with Gasteiger partial charge >= 0.3 is 6.03 Å². The lowest BCUT2D eigenvalue weighted by molar-refractivity contribution is -0.134. The number of methoxy groups -OCH3 is 1. The Hall–Kier alpha value is -3.11. The first-order chi connectivity index (χ1) is 16.8. The maximum absolute atomic E-state index is 13.6. The summed E-state index contributed by atoms with van der Waals surface area (Å²) < 4.78 is 6.09. The summed E-state index contributed by atoms with van der Waals surface area (Å²) in [5.41, 5.74) is 1.81. The first-order valence-electron chi connectivity index (χ1n) is 10.9. The zero-order valence-electron chi connectivity index (χ0n) is 19.0. The van der Waals surface area contributed by atoms with Crippen molar-refractivity contribution < 1.29 is 19.1 Å². The Bertz CT molecular complexity index is 1250. The molecular formula is C26H23ClIN3O4. The molecule has 4 amide bonds. The van der Waals surface area contributed by atoms with Crippen molar-refractivity contribution in [2.24, 2.45) is 0 Å². The number of nitrogens with zero attached hydrogens (tertiary/aromatic N) is 1. The van der Waals surface area contributed by atoms with E-state index in [-0.39, 0.29) is 0 Å². The number of amides is 4. The van der Waals surface area contributed by atoms with Crippen LogP contribution in [0.5, 0.6) is 5.75 Å². The number of carbonyl (C=O) groups is 3. The number of rotatable bonds is 7. The van der Waals surface area contributed by atoms with E-state index in [1.165, 1.54) is 0 Å². The number of carbonyl (C=O) groups excluding carboxylic acids is 3. The second kappa shape index (κ2) is 10.7. The molecule has 3 atom stereocenters. The Morgan fingerprint density at radius 1 is 1.09 bits per heavy atom. The fraction of sp³-hybridized carbons (Fsp3) is 0.192. The SMILES string of the molecule is COc1ccc(C2NC(=O)N([C@H](C(=O)Nc3ccc(I)cc3Cl)[C@@H](C)c3ccccc3)C2=O)cc1. The van der Waals surface area contributed by atoms with E-state index in [1.807, 2.05) is 43.3 Å². The average Bonchev–Trinajstić information content (AvgIpc) is 3.15. The number of urea groups is 1. The summed E-state index contributed by atoms with van der Waals surface area (Å²) in [7, 11) is 1.55. The van der Waals surface area contributed by atoms with Crippen molar-refractivity contribution in [3.63, 3.8) is 0 Å². The molecule has 1 fully saturated rings. The molecule has 2 N–H and O–H groups in total. The summed E-state index contributed by atoms with van der Waals surface area (Å²) in [6.07, 6.45) is 0. The van der Waals surface area contributed by atoms with Crippen molar-refractivity contribution in [3.05, 3.63) is 92.5 Å². The summed E-state index contributed by atoms with van der Waals surface area (Å²) in [4.78, 5) is 41.2. The maximum Gasteiger partial charge on any atom is 0.325 e. The Morgan fingerprint density at radius 2 is 1.77 bits per heavy atom. The van der Waals surface area contributed by atoms with Crippen molar-refractivity contribution in [1.82, 2.24) is 10.2 Å². The van der Waals surface area contributed by atoms with Gasteiger partial charge in [0.1, 0.15) is 17.8 Å². The van der Waals surface area contributed by atoms with Crippen LogP contribution >= 0.6 is 34.2 Å². The van der Waals surface area contributed by atoms with Crippen molar-refractivity contribution in [2.45, 2.75) is 24.9 Å². The number of anilines is 1. The van der Waals surface area contributed by atoms with Crippen LogP contribution in [0.3, 0.4) is 0 Å². The van der Waals surface area contributed by atoms with Gasteiger partial charge < -0.3 is 15.4 Å². The highest BCUT2D eigenvalue weighted by Gasteiger charge is 2.47. The molecular weight excluding hydrogens is 581 g/mol. The van der Waals surface area contributed by atoms with Gasteiger partial charge in [0.05, 0.1) is 17.8 Å². The van der Waals surface area contributed by atoms with E-state index in [4.69, 9.17) is 16.3 Å². The van der Waals surface area contributed by atoms with E-state index in [0.29, 0.717) is 22.0 Å². The third kappa shape index (κ3) is 5.28. The summed E-state index contributed by atoms with van der Waals surface area (Å²) >= 11 is 8.46. The normalized spacial score (nSPS) is 17.0. The van der Waals surface area contributed by atoms with Crippen LogP contribution in [0.4, 0.5) is 10.5 Å². The molecule has 0 radical (unpaired) electrons. The molecule has 1 aliphatic heterocycles. The minimum atomic E-state index is -1.11. The Labute approximate surface area is 221 Å². The standard InChI is InChI=1S/C26H23ClIN3O4/c1-15(16-6-4-3-5-7-16)23(24(32)29-21-13-10-18(28)14-20(21)27)31-25(33)22(30-26(31)34)17-8-11-19(35-2)12-9-17/h3-15,22-23H,1-2H3,(H,29,32)(H,30,34)/t15-,22?,23-/m0/s1. The molecule has 0 spiro atoms. The predicted molar refractivity (Wildman–Crippen MR) is 143 cm³/mol. The molecule has 3 aromatic carbocycles. The topological polar surface area (TPSA) is 87.7 Å². The molecule has 4 rings (SSSR count). The number of benzene rings is 3. The summed E-state index contributed by atoms with van der Waals surface area (Å²) in [6, 6.07) is 18.7. The predicted octanol–water partition coefficient (Wildman–Crippen LogP) is 5.36. The summed E-state index contributed by atoms with van der Waals surface area (Å²) in [5, 5.41) is 5.90. The second-order valence-corrected chi connectivity index (χ2v) is 9.77. The van der Waals surface area contributed by atoms with Gasteiger partial charge in [0.15, 0.2) is 0 Å². The van der Waals surface area contributed by atoms with Crippen LogP contribution in [0, 0.1) is 3.57 Å². The van der Waals surface area contributed by atoms with Gasteiger partial charge in [-0.2, -0.15) is 0 Å². The van der Waals surface area contributed by atoms with Crippen molar-refractivity contribution in [3.8, 4) is 5.75 Å². The molecule has 1 saturated heterocycles. The minimum Gasteiger partial charge on any atom is -0.497 e. The highest BCUT2D eigenvalue weighted by atomic mass is 127. The van der Waals surface area contributed by atoms with Gasteiger partial charge in [0.25, 0.3) is 5.91 Å². The molecule has 7 nitrogen and oxygen atoms in total. The maximum atomic E-state index is 13.6. The van der Waals surface area contributed by atoms with E-state index in [9.17, 15) is 14.4 Å². The van der Waals surface area contributed by atoms with Gasteiger partial charge in [-0.25, -0.2) is 9.69 Å². The van der Waals surface area contributed by atoms with Gasteiger partial charge in [0, 0.05) is 9.49 Å². The van der Waals surface area contributed by atoms with Crippen LogP contribution in [0.15, 0.2) is 72.8 Å². The van der Waals surface area contributed by atoms with Crippen molar-refractivity contribution >= 4 is 57.7 Å². The van der Waals surface area contributed by atoms with Gasteiger partial charge in [-0.05, 0) is 64.0 Å². The Kier molecular flexibility index (Phi) is 7.61. The van der Waals surface area contributed by atoms with Gasteiger partial charge in [0.2, 0.25) is 5.91 Å². The largest absolute Gasteiger partial charge is 0.497 e. The molecule has 1 unspecified atom stereocenters. The number of hydrogen-bond acceptors (Lipinski definition) is 4. The van der Waals surface area contributed by atoms with E-state index >= 15 is 0 Å². The third-order valence-corrected chi connectivity index (χ3v) is 6.94. The van der Waals surface area contributed by atoms with Gasteiger partial charge in [-0.1, -0.05) is 61.0 Å². The molecule has 0 aromatic heterocycles. The average molecular weight is 604 g/mol. The van der Waals surface area contributed by atoms with Crippen LogP contribution in [-0.4, -0.2) is 35.9 Å². The second-order valence-electron chi connectivity index (χ2n) is 8.12. The number of nitrogens with one attached hydrogen (secondary N) is 2. The number of ether oxygens (including phenoxy) is 1. The lowest BCUT2D eigenvalue weighted by atomic mass is 9.91. The molecule has 0 aliphatic carbocycles. The van der Waals surface area contributed by atoms with E-state index < -0.39 is 35.8 Å². The summed E-state index contributed by atoms with van der Waals surface area (Å²) in [5.74, 6) is -0.866. The van der Waals surface area contributed by atoms with E-state index in [0.717, 1.165) is 14.0 Å². The zero-order chi connectivity index (χ0) is 25.1. The first kappa shape index (κ1) is 25.0. The van der Waals surface area contributed by atoms with Crippen molar-refractivity contribution in [1.29, 1.82) is 0 Å². The van der Waals surface area contributed by atoms with Crippen molar-refractivity contribution in [2.75, 3.05) is 12.4 Å². The highest BCUT2D eigenvalue weighted by molar-refractivity contribution is 14.1. The van der Waals surface area contributed by atoms with E-state index in [1.54, 1.807) is 43.5 Å². The molecule has 9 heteroatoms. The molecule has 180 valence electrons. The Balaban J connectivity index is 1.68. The first-order valence-corrected chi connectivity index (χ1v) is 12.3. The van der Waals surface area contributed by atoms with Gasteiger partial charge in [-0.15, -0.1) is 0 Å².